The normalized spacial score (nSPS) is 17.0. The van der Waals surface area contributed by atoms with Crippen molar-refractivity contribution in [3.8, 4) is 0 Å². The van der Waals surface area contributed by atoms with Crippen molar-refractivity contribution in [1.29, 1.82) is 0 Å². The van der Waals surface area contributed by atoms with Crippen LogP contribution in [0.3, 0.4) is 0 Å². The van der Waals surface area contributed by atoms with Crippen LogP contribution >= 0.6 is 12.4 Å². The highest BCUT2D eigenvalue weighted by atomic mass is 35.5. The van der Waals surface area contributed by atoms with Gasteiger partial charge in [0.1, 0.15) is 0 Å². The van der Waals surface area contributed by atoms with Gasteiger partial charge in [0.25, 0.3) is 0 Å². The molecule has 0 spiro atoms. The molecule has 2 rings (SSSR count). The van der Waals surface area contributed by atoms with Gasteiger partial charge in [-0.1, -0.05) is 31.0 Å². The summed E-state index contributed by atoms with van der Waals surface area (Å²) in [6.07, 6.45) is 4.82. The molecule has 100 valence electrons. The topological polar surface area (TPSA) is 52.3 Å². The number of ether oxygens (including phenoxy) is 1. The molecule has 0 unspecified atom stereocenters. The fourth-order valence-corrected chi connectivity index (χ4v) is 2.65. The lowest BCUT2D eigenvalue weighted by molar-refractivity contribution is 0.0598. The molecular weight excluding hydrogens is 250 g/mol. The van der Waals surface area contributed by atoms with E-state index in [2.05, 4.69) is 0 Å². The quantitative estimate of drug-likeness (QED) is 0.858. The summed E-state index contributed by atoms with van der Waals surface area (Å²) in [6.45, 7) is 0. The Morgan fingerprint density at radius 2 is 1.94 bits per heavy atom. The molecule has 0 bridgehead atoms. The Kier molecular flexibility index (Phi) is 5.63. The molecule has 2 N–H and O–H groups in total. The maximum absolute atomic E-state index is 11.7. The third-order valence-corrected chi connectivity index (χ3v) is 3.63. The average Bonchev–Trinajstić information content (AvgIpc) is 2.91. The molecule has 4 heteroatoms. The Bertz CT molecular complexity index is 403. The van der Waals surface area contributed by atoms with Gasteiger partial charge in [-0.15, -0.1) is 12.4 Å². The molecule has 0 saturated heterocycles. The van der Waals surface area contributed by atoms with E-state index in [1.165, 1.54) is 20.0 Å². The van der Waals surface area contributed by atoms with Crippen molar-refractivity contribution in [2.45, 2.75) is 31.7 Å². The molecule has 18 heavy (non-hydrogen) atoms. The van der Waals surface area contributed by atoms with E-state index in [9.17, 15) is 4.79 Å². The Morgan fingerprint density at radius 3 is 2.56 bits per heavy atom. The molecule has 0 radical (unpaired) electrons. The zero-order chi connectivity index (χ0) is 12.3. The zero-order valence-electron chi connectivity index (χ0n) is 10.6. The third-order valence-electron chi connectivity index (χ3n) is 3.63. The number of benzene rings is 1. The predicted octanol–water partition coefficient (Wildman–Crippen LogP) is 3.09. The van der Waals surface area contributed by atoms with Crippen molar-refractivity contribution in [2.24, 2.45) is 11.7 Å². The smallest absolute Gasteiger partial charge is 0.338 e. The van der Waals surface area contributed by atoms with Crippen LogP contribution in [0.25, 0.3) is 0 Å². The van der Waals surface area contributed by atoms with Gasteiger partial charge in [0.05, 0.1) is 12.7 Å². The first-order chi connectivity index (χ1) is 8.24. The first-order valence-corrected chi connectivity index (χ1v) is 6.17. The minimum absolute atomic E-state index is 0. The third kappa shape index (κ3) is 3.03. The Labute approximate surface area is 114 Å². The number of carbonyl (C=O) groups is 1. The Balaban J connectivity index is 0.00000162. The van der Waals surface area contributed by atoms with E-state index in [-0.39, 0.29) is 24.4 Å². The lowest BCUT2D eigenvalue weighted by Gasteiger charge is -2.21. The second-order valence-corrected chi connectivity index (χ2v) is 4.65. The van der Waals surface area contributed by atoms with Crippen LogP contribution < -0.4 is 5.73 Å². The zero-order valence-corrected chi connectivity index (χ0v) is 11.4. The maximum Gasteiger partial charge on any atom is 0.338 e. The number of carbonyl (C=O) groups excluding carboxylic acids is 1. The largest absolute Gasteiger partial charge is 0.465 e. The molecule has 0 aromatic heterocycles. The molecule has 1 saturated carbocycles. The number of methoxy groups -OCH3 is 1. The van der Waals surface area contributed by atoms with E-state index in [4.69, 9.17) is 10.5 Å². The van der Waals surface area contributed by atoms with Crippen molar-refractivity contribution in [3.63, 3.8) is 0 Å². The molecule has 1 fully saturated rings. The van der Waals surface area contributed by atoms with E-state index in [1.54, 1.807) is 6.07 Å². The van der Waals surface area contributed by atoms with Crippen LogP contribution in [0.15, 0.2) is 24.3 Å². The summed E-state index contributed by atoms with van der Waals surface area (Å²) in [7, 11) is 1.40. The van der Waals surface area contributed by atoms with E-state index >= 15 is 0 Å². The molecule has 0 heterocycles. The molecule has 1 aromatic carbocycles. The van der Waals surface area contributed by atoms with Gasteiger partial charge in [-0.3, -0.25) is 0 Å². The maximum atomic E-state index is 11.7. The summed E-state index contributed by atoms with van der Waals surface area (Å²) in [5.74, 6) is 0.204. The monoisotopic (exact) mass is 269 g/mol. The second-order valence-electron chi connectivity index (χ2n) is 4.65. The average molecular weight is 270 g/mol. The number of esters is 1. The lowest BCUT2D eigenvalue weighted by Crippen LogP contribution is -2.22. The van der Waals surface area contributed by atoms with Gasteiger partial charge >= 0.3 is 5.97 Å². The Hall–Kier alpha value is -1.06. The summed E-state index contributed by atoms with van der Waals surface area (Å²) in [6, 6.07) is 7.45. The van der Waals surface area contributed by atoms with Gasteiger partial charge < -0.3 is 10.5 Å². The minimum atomic E-state index is -0.297. The summed E-state index contributed by atoms with van der Waals surface area (Å²) in [5.41, 5.74) is 7.81. The van der Waals surface area contributed by atoms with Crippen molar-refractivity contribution < 1.29 is 9.53 Å². The molecular formula is C14H20ClNO2. The summed E-state index contributed by atoms with van der Waals surface area (Å²) >= 11 is 0. The molecule has 1 atom stereocenters. The number of halogens is 1. The predicted molar refractivity (Wildman–Crippen MR) is 73.9 cm³/mol. The highest BCUT2D eigenvalue weighted by Gasteiger charge is 2.26. The summed E-state index contributed by atoms with van der Waals surface area (Å²) < 4.78 is 4.80. The Morgan fingerprint density at radius 1 is 1.33 bits per heavy atom. The molecule has 1 aliphatic carbocycles. The number of hydrogen-bond donors (Lipinski definition) is 1. The van der Waals surface area contributed by atoms with Crippen LogP contribution in [-0.4, -0.2) is 13.1 Å². The molecule has 1 aliphatic rings. The molecule has 1 aromatic rings. The highest BCUT2D eigenvalue weighted by Crippen LogP contribution is 2.35. The second kappa shape index (κ2) is 6.76. The van der Waals surface area contributed by atoms with Crippen LogP contribution in [0.2, 0.25) is 0 Å². The SMILES string of the molecule is COC(=O)c1ccccc1[C@@H](N)C1CCCC1.Cl. The van der Waals surface area contributed by atoms with E-state index in [0.717, 1.165) is 18.4 Å². The summed E-state index contributed by atoms with van der Waals surface area (Å²) in [5, 5.41) is 0. The first kappa shape index (κ1) is 15.0. The van der Waals surface area contributed by atoms with Crippen molar-refractivity contribution in [2.75, 3.05) is 7.11 Å². The molecule has 0 aliphatic heterocycles. The highest BCUT2D eigenvalue weighted by molar-refractivity contribution is 5.91. The minimum Gasteiger partial charge on any atom is -0.465 e. The fraction of sp³-hybridized carbons (Fsp3) is 0.500. The van der Waals surface area contributed by atoms with Crippen LogP contribution in [0.4, 0.5) is 0 Å². The standard InChI is InChI=1S/C14H19NO2.ClH/c1-17-14(16)12-9-5-4-8-11(12)13(15)10-6-2-3-7-10;/h4-5,8-10,13H,2-3,6-7,15H2,1H3;1H/t13-;/m0./s1. The number of nitrogens with two attached hydrogens (primary N) is 1. The van der Waals surface area contributed by atoms with Gasteiger partial charge in [0, 0.05) is 6.04 Å². The fourth-order valence-electron chi connectivity index (χ4n) is 2.65. The molecule has 3 nitrogen and oxygen atoms in total. The van der Waals surface area contributed by atoms with Crippen LogP contribution in [-0.2, 0) is 4.74 Å². The van der Waals surface area contributed by atoms with Crippen LogP contribution in [0, 0.1) is 5.92 Å². The van der Waals surface area contributed by atoms with Gasteiger partial charge in [-0.05, 0) is 30.4 Å². The number of hydrogen-bond acceptors (Lipinski definition) is 3. The van der Waals surface area contributed by atoms with E-state index < -0.39 is 0 Å². The summed E-state index contributed by atoms with van der Waals surface area (Å²) in [4.78, 5) is 11.7. The van der Waals surface area contributed by atoms with Gasteiger partial charge in [-0.25, -0.2) is 4.79 Å². The van der Waals surface area contributed by atoms with E-state index in [0.29, 0.717) is 11.5 Å². The number of rotatable bonds is 3. The van der Waals surface area contributed by atoms with Gasteiger partial charge in [0.2, 0.25) is 0 Å². The van der Waals surface area contributed by atoms with E-state index in [1.807, 2.05) is 18.2 Å². The van der Waals surface area contributed by atoms with Gasteiger partial charge in [-0.2, -0.15) is 0 Å². The van der Waals surface area contributed by atoms with Crippen molar-refractivity contribution in [3.05, 3.63) is 35.4 Å². The first-order valence-electron chi connectivity index (χ1n) is 6.17. The van der Waals surface area contributed by atoms with Crippen LogP contribution in [0.1, 0.15) is 47.6 Å². The van der Waals surface area contributed by atoms with Crippen molar-refractivity contribution >= 4 is 18.4 Å². The van der Waals surface area contributed by atoms with Crippen molar-refractivity contribution in [1.82, 2.24) is 0 Å². The van der Waals surface area contributed by atoms with Crippen LogP contribution in [0.5, 0.6) is 0 Å². The lowest BCUT2D eigenvalue weighted by atomic mass is 9.89. The van der Waals surface area contributed by atoms with Gasteiger partial charge in [0.15, 0.2) is 0 Å². The molecule has 0 amide bonds.